The molecule has 1 heterocycles. The summed E-state index contributed by atoms with van der Waals surface area (Å²) >= 11 is 0. The Morgan fingerprint density at radius 3 is 2.62 bits per heavy atom. The average molecular weight is 281 g/mol. The number of imidazole rings is 1. The van der Waals surface area contributed by atoms with E-state index in [0.717, 1.165) is 34.7 Å². The first kappa shape index (κ1) is 13.6. The van der Waals surface area contributed by atoms with Crippen molar-refractivity contribution in [2.45, 2.75) is 19.5 Å². The van der Waals surface area contributed by atoms with Crippen LogP contribution in [0.1, 0.15) is 24.4 Å². The van der Waals surface area contributed by atoms with Gasteiger partial charge in [0.25, 0.3) is 0 Å². The van der Waals surface area contributed by atoms with Gasteiger partial charge in [-0.15, -0.1) is 0 Å². The Hall–Kier alpha value is -2.33. The van der Waals surface area contributed by atoms with Crippen LogP contribution in [0.3, 0.4) is 0 Å². The second-order valence-corrected chi connectivity index (χ2v) is 4.96. The van der Waals surface area contributed by atoms with Gasteiger partial charge in [0.1, 0.15) is 11.6 Å². The SMILES string of the molecule is CCn1c(C(N)c2ccccc2)nc2cc(OC)ccc21. The third-order valence-electron chi connectivity index (χ3n) is 3.74. The van der Waals surface area contributed by atoms with E-state index in [1.165, 1.54) is 0 Å². The Kier molecular flexibility index (Phi) is 3.62. The van der Waals surface area contributed by atoms with Crippen LogP contribution >= 0.6 is 0 Å². The Morgan fingerprint density at radius 1 is 1.19 bits per heavy atom. The van der Waals surface area contributed by atoms with E-state index in [0.29, 0.717) is 0 Å². The fraction of sp³-hybridized carbons (Fsp3) is 0.235. The second-order valence-electron chi connectivity index (χ2n) is 4.96. The minimum Gasteiger partial charge on any atom is -0.497 e. The highest BCUT2D eigenvalue weighted by Crippen LogP contribution is 2.26. The fourth-order valence-corrected chi connectivity index (χ4v) is 2.63. The van der Waals surface area contributed by atoms with E-state index in [1.54, 1.807) is 7.11 Å². The molecule has 0 fully saturated rings. The summed E-state index contributed by atoms with van der Waals surface area (Å²) in [6, 6.07) is 15.8. The van der Waals surface area contributed by atoms with Crippen LogP contribution in [0.25, 0.3) is 11.0 Å². The van der Waals surface area contributed by atoms with Crippen molar-refractivity contribution in [1.29, 1.82) is 0 Å². The zero-order chi connectivity index (χ0) is 14.8. The average Bonchev–Trinajstić information content (AvgIpc) is 2.92. The fourth-order valence-electron chi connectivity index (χ4n) is 2.63. The Bertz CT molecular complexity index is 749. The van der Waals surface area contributed by atoms with Crippen molar-refractivity contribution >= 4 is 11.0 Å². The third-order valence-corrected chi connectivity index (χ3v) is 3.74. The van der Waals surface area contributed by atoms with Crippen molar-refractivity contribution in [2.24, 2.45) is 5.73 Å². The molecule has 3 rings (SSSR count). The lowest BCUT2D eigenvalue weighted by Crippen LogP contribution is -2.17. The number of fused-ring (bicyclic) bond motifs is 1. The summed E-state index contributed by atoms with van der Waals surface area (Å²) in [6.45, 7) is 2.94. The maximum absolute atomic E-state index is 6.41. The molecule has 4 heteroatoms. The van der Waals surface area contributed by atoms with Crippen LogP contribution < -0.4 is 10.5 Å². The number of ether oxygens (including phenoxy) is 1. The molecule has 4 nitrogen and oxygen atoms in total. The van der Waals surface area contributed by atoms with E-state index >= 15 is 0 Å². The highest BCUT2D eigenvalue weighted by Gasteiger charge is 2.18. The van der Waals surface area contributed by atoms with Gasteiger partial charge in [-0.1, -0.05) is 30.3 Å². The summed E-state index contributed by atoms with van der Waals surface area (Å²) in [4.78, 5) is 4.73. The molecule has 1 atom stereocenters. The lowest BCUT2D eigenvalue weighted by Gasteiger charge is -2.13. The summed E-state index contributed by atoms with van der Waals surface area (Å²) in [5.41, 5.74) is 9.47. The summed E-state index contributed by atoms with van der Waals surface area (Å²) in [5, 5.41) is 0. The molecule has 0 bridgehead atoms. The molecule has 1 aromatic heterocycles. The van der Waals surface area contributed by atoms with Crippen molar-refractivity contribution in [1.82, 2.24) is 9.55 Å². The van der Waals surface area contributed by atoms with E-state index in [1.807, 2.05) is 48.5 Å². The summed E-state index contributed by atoms with van der Waals surface area (Å²) in [6.07, 6.45) is 0. The Balaban J connectivity index is 2.13. The number of hydrogen-bond donors (Lipinski definition) is 1. The summed E-state index contributed by atoms with van der Waals surface area (Å²) < 4.78 is 7.43. The van der Waals surface area contributed by atoms with Crippen molar-refractivity contribution < 1.29 is 4.74 Å². The minimum atomic E-state index is -0.232. The normalized spacial score (nSPS) is 12.5. The molecule has 108 valence electrons. The largest absolute Gasteiger partial charge is 0.497 e. The highest BCUT2D eigenvalue weighted by molar-refractivity contribution is 5.78. The van der Waals surface area contributed by atoms with Gasteiger partial charge in [-0.05, 0) is 24.6 Å². The molecule has 0 amide bonds. The van der Waals surface area contributed by atoms with Crippen molar-refractivity contribution in [3.05, 3.63) is 59.9 Å². The predicted octanol–water partition coefficient (Wildman–Crippen LogP) is 3.11. The van der Waals surface area contributed by atoms with E-state index in [9.17, 15) is 0 Å². The minimum absolute atomic E-state index is 0.232. The number of aryl methyl sites for hydroxylation is 1. The molecule has 0 aliphatic heterocycles. The molecule has 0 saturated carbocycles. The topological polar surface area (TPSA) is 53.1 Å². The molecule has 2 N–H and O–H groups in total. The van der Waals surface area contributed by atoms with Gasteiger partial charge in [0.05, 0.1) is 24.2 Å². The number of methoxy groups -OCH3 is 1. The molecule has 1 unspecified atom stereocenters. The molecule has 21 heavy (non-hydrogen) atoms. The Labute approximate surface area is 124 Å². The van der Waals surface area contributed by atoms with Crippen molar-refractivity contribution in [3.63, 3.8) is 0 Å². The zero-order valence-electron chi connectivity index (χ0n) is 12.3. The van der Waals surface area contributed by atoms with Crippen LogP contribution in [0.15, 0.2) is 48.5 Å². The summed E-state index contributed by atoms with van der Waals surface area (Å²) in [7, 11) is 1.66. The van der Waals surface area contributed by atoms with Crippen molar-refractivity contribution in [2.75, 3.05) is 7.11 Å². The van der Waals surface area contributed by atoms with Gasteiger partial charge < -0.3 is 15.0 Å². The molecular formula is C17H19N3O. The summed E-state index contributed by atoms with van der Waals surface area (Å²) in [5.74, 6) is 1.69. The quantitative estimate of drug-likeness (QED) is 0.799. The first-order chi connectivity index (χ1) is 10.2. The monoisotopic (exact) mass is 281 g/mol. The van der Waals surface area contributed by atoms with Crippen LogP contribution in [0.2, 0.25) is 0 Å². The highest BCUT2D eigenvalue weighted by atomic mass is 16.5. The maximum atomic E-state index is 6.41. The van der Waals surface area contributed by atoms with Crippen LogP contribution in [-0.2, 0) is 6.54 Å². The number of aromatic nitrogens is 2. The first-order valence-electron chi connectivity index (χ1n) is 7.09. The Morgan fingerprint density at radius 2 is 1.95 bits per heavy atom. The number of rotatable bonds is 4. The smallest absolute Gasteiger partial charge is 0.131 e. The number of benzene rings is 2. The molecule has 0 aliphatic rings. The van der Waals surface area contributed by atoms with Gasteiger partial charge in [-0.3, -0.25) is 0 Å². The molecule has 0 radical (unpaired) electrons. The number of nitrogens with two attached hydrogens (primary N) is 1. The van der Waals surface area contributed by atoms with Crippen molar-refractivity contribution in [3.8, 4) is 5.75 Å². The number of nitrogens with zero attached hydrogens (tertiary/aromatic N) is 2. The third kappa shape index (κ3) is 2.38. The number of hydrogen-bond acceptors (Lipinski definition) is 3. The molecule has 2 aromatic carbocycles. The molecule has 3 aromatic rings. The molecule has 0 saturated heterocycles. The lowest BCUT2D eigenvalue weighted by molar-refractivity contribution is 0.415. The van der Waals surface area contributed by atoms with Crippen LogP contribution in [0, 0.1) is 0 Å². The van der Waals surface area contributed by atoms with Gasteiger partial charge >= 0.3 is 0 Å². The van der Waals surface area contributed by atoms with Gasteiger partial charge in [0.15, 0.2) is 0 Å². The van der Waals surface area contributed by atoms with Crippen LogP contribution in [-0.4, -0.2) is 16.7 Å². The predicted molar refractivity (Wildman–Crippen MR) is 84.4 cm³/mol. The van der Waals surface area contributed by atoms with Gasteiger partial charge in [0, 0.05) is 12.6 Å². The van der Waals surface area contributed by atoms with E-state index in [2.05, 4.69) is 11.5 Å². The second kappa shape index (κ2) is 5.58. The maximum Gasteiger partial charge on any atom is 0.131 e. The molecule has 0 aliphatic carbocycles. The standard InChI is InChI=1S/C17H19N3O/c1-3-20-15-10-9-13(21-2)11-14(15)19-17(20)16(18)12-7-5-4-6-8-12/h4-11,16H,3,18H2,1-2H3. The van der Waals surface area contributed by atoms with E-state index in [-0.39, 0.29) is 6.04 Å². The lowest BCUT2D eigenvalue weighted by atomic mass is 10.1. The van der Waals surface area contributed by atoms with Gasteiger partial charge in [-0.25, -0.2) is 4.98 Å². The van der Waals surface area contributed by atoms with Crippen LogP contribution in [0.5, 0.6) is 5.75 Å². The molecular weight excluding hydrogens is 262 g/mol. The van der Waals surface area contributed by atoms with Gasteiger partial charge in [0.2, 0.25) is 0 Å². The molecule has 0 spiro atoms. The first-order valence-corrected chi connectivity index (χ1v) is 7.09. The van der Waals surface area contributed by atoms with Crippen LogP contribution in [0.4, 0.5) is 0 Å². The van der Waals surface area contributed by atoms with Gasteiger partial charge in [-0.2, -0.15) is 0 Å². The van der Waals surface area contributed by atoms with E-state index < -0.39 is 0 Å². The van der Waals surface area contributed by atoms with E-state index in [4.69, 9.17) is 15.5 Å². The zero-order valence-corrected chi connectivity index (χ0v) is 12.3.